The van der Waals surface area contributed by atoms with Crippen molar-refractivity contribution in [2.75, 3.05) is 6.61 Å². The van der Waals surface area contributed by atoms with Crippen LogP contribution in [-0.4, -0.2) is 21.5 Å². The number of thioether (sulfide) groups is 2. The zero-order valence-corrected chi connectivity index (χ0v) is 14.9. The van der Waals surface area contributed by atoms with Crippen molar-refractivity contribution < 1.29 is 4.74 Å². The van der Waals surface area contributed by atoms with Gasteiger partial charge in [-0.3, -0.25) is 4.99 Å². The molecule has 0 aliphatic carbocycles. The lowest BCUT2D eigenvalue weighted by molar-refractivity contribution is 0.0694. The summed E-state index contributed by atoms with van der Waals surface area (Å²) in [7, 11) is 0. The van der Waals surface area contributed by atoms with Crippen LogP contribution in [0.25, 0.3) is 0 Å². The molecule has 0 amide bonds. The first-order valence-electron chi connectivity index (χ1n) is 7.81. The summed E-state index contributed by atoms with van der Waals surface area (Å²) >= 11 is 3.68. The van der Waals surface area contributed by atoms with Crippen LogP contribution < -0.4 is 0 Å². The van der Waals surface area contributed by atoms with E-state index < -0.39 is 0 Å². The Kier molecular flexibility index (Phi) is 3.79. The normalized spacial score (nSPS) is 29.0. The summed E-state index contributed by atoms with van der Waals surface area (Å²) in [6, 6.07) is 21.0. The highest BCUT2D eigenvalue weighted by molar-refractivity contribution is 8.26. The highest BCUT2D eigenvalue weighted by Crippen LogP contribution is 2.62. The number of aliphatic imine (C=N–C) groups is 1. The van der Waals surface area contributed by atoms with E-state index in [0.29, 0.717) is 5.25 Å². The molecule has 2 atom stereocenters. The second-order valence-corrected chi connectivity index (χ2v) is 9.13. The molecule has 118 valence electrons. The van der Waals surface area contributed by atoms with Crippen LogP contribution in [-0.2, 0) is 4.74 Å². The third-order valence-electron chi connectivity index (χ3n) is 4.28. The lowest BCUT2D eigenvalue weighted by Gasteiger charge is -2.33. The minimum Gasteiger partial charge on any atom is -0.350 e. The molecule has 0 saturated carbocycles. The molecule has 23 heavy (non-hydrogen) atoms. The number of nitrogens with zero attached hydrogens (tertiary/aromatic N) is 1. The van der Waals surface area contributed by atoms with Gasteiger partial charge in [0.05, 0.1) is 11.9 Å². The second kappa shape index (κ2) is 5.69. The maximum absolute atomic E-state index is 6.35. The summed E-state index contributed by atoms with van der Waals surface area (Å²) in [4.78, 5) is 4.99. The first-order valence-corrected chi connectivity index (χ1v) is 9.50. The van der Waals surface area contributed by atoms with E-state index in [2.05, 4.69) is 68.4 Å². The third-order valence-corrected chi connectivity index (χ3v) is 7.84. The molecular weight excluding hydrogens is 322 g/mol. The Morgan fingerprint density at radius 3 is 2.35 bits per heavy atom. The number of benzene rings is 2. The van der Waals surface area contributed by atoms with Crippen LogP contribution in [0.1, 0.15) is 30.2 Å². The van der Waals surface area contributed by atoms with Gasteiger partial charge in [0.1, 0.15) is 10.6 Å². The van der Waals surface area contributed by atoms with Crippen molar-refractivity contribution in [1.29, 1.82) is 0 Å². The summed E-state index contributed by atoms with van der Waals surface area (Å²) in [5.74, 6) is 0. The van der Waals surface area contributed by atoms with Crippen molar-refractivity contribution in [1.82, 2.24) is 0 Å². The molecule has 0 unspecified atom stereocenters. The maximum Gasteiger partial charge on any atom is 0.191 e. The quantitative estimate of drug-likeness (QED) is 0.757. The molecule has 0 bridgehead atoms. The van der Waals surface area contributed by atoms with Crippen molar-refractivity contribution in [3.05, 3.63) is 71.8 Å². The smallest absolute Gasteiger partial charge is 0.191 e. The first kappa shape index (κ1) is 15.3. The molecule has 2 heterocycles. The van der Waals surface area contributed by atoms with Gasteiger partial charge < -0.3 is 4.74 Å². The molecule has 0 N–H and O–H groups in total. The molecule has 2 nitrogen and oxygen atoms in total. The fourth-order valence-electron chi connectivity index (χ4n) is 2.95. The maximum atomic E-state index is 6.35. The van der Waals surface area contributed by atoms with Gasteiger partial charge in [0, 0.05) is 5.56 Å². The van der Waals surface area contributed by atoms with E-state index in [0.717, 1.165) is 11.7 Å². The average molecular weight is 342 g/mol. The van der Waals surface area contributed by atoms with Gasteiger partial charge in [-0.25, -0.2) is 0 Å². The molecule has 0 radical (unpaired) electrons. The predicted octanol–water partition coefficient (Wildman–Crippen LogP) is 5.12. The highest BCUT2D eigenvalue weighted by atomic mass is 32.2. The van der Waals surface area contributed by atoms with E-state index >= 15 is 0 Å². The van der Waals surface area contributed by atoms with Crippen LogP contribution >= 0.6 is 23.5 Å². The van der Waals surface area contributed by atoms with Crippen molar-refractivity contribution in [2.45, 2.75) is 28.9 Å². The number of rotatable bonds is 2. The number of hydrogen-bond donors (Lipinski definition) is 0. The van der Waals surface area contributed by atoms with Gasteiger partial charge >= 0.3 is 0 Å². The van der Waals surface area contributed by atoms with Crippen LogP contribution in [0.2, 0.25) is 0 Å². The van der Waals surface area contributed by atoms with Crippen molar-refractivity contribution >= 4 is 28.6 Å². The molecular formula is C19H19NOS2. The minimum atomic E-state index is -0.335. The molecule has 0 aromatic heterocycles. The number of ether oxygens (including phenoxy) is 1. The summed E-state index contributed by atoms with van der Waals surface area (Å²) in [6.07, 6.45) is 0. The monoisotopic (exact) mass is 341 g/mol. The fourth-order valence-corrected chi connectivity index (χ4v) is 6.20. The van der Waals surface area contributed by atoms with Gasteiger partial charge in [0.15, 0.2) is 4.27 Å². The predicted molar refractivity (Wildman–Crippen MR) is 100 cm³/mol. The Balaban J connectivity index is 1.61. The SMILES string of the molecule is CC1(C)N=C(c2ccccc2)S[C@]12OC[C@H](c1ccccc1)S2. The summed E-state index contributed by atoms with van der Waals surface area (Å²) in [5, 5.41) is 1.45. The van der Waals surface area contributed by atoms with E-state index in [1.54, 1.807) is 11.8 Å². The average Bonchev–Trinajstić information content (AvgIpc) is 3.12. The van der Waals surface area contributed by atoms with Crippen LogP contribution in [0, 0.1) is 0 Å². The standard InChI is InChI=1S/C19H19NOS2/c1-18(2)19(23-17(20-18)15-11-7-4-8-12-15)21-13-16(22-19)14-9-5-3-6-10-14/h3-12,16H,13H2,1-2H3/t16-,19+/m1/s1. The Hall–Kier alpha value is -1.23. The van der Waals surface area contributed by atoms with E-state index in [-0.39, 0.29) is 9.80 Å². The number of hydrogen-bond acceptors (Lipinski definition) is 4. The van der Waals surface area contributed by atoms with E-state index in [4.69, 9.17) is 9.73 Å². The Morgan fingerprint density at radius 2 is 1.65 bits per heavy atom. The molecule has 1 fully saturated rings. The van der Waals surface area contributed by atoms with Crippen molar-refractivity contribution in [2.24, 2.45) is 4.99 Å². The van der Waals surface area contributed by atoms with Crippen molar-refractivity contribution in [3.63, 3.8) is 0 Å². The summed E-state index contributed by atoms with van der Waals surface area (Å²) in [5.41, 5.74) is 2.26. The van der Waals surface area contributed by atoms with E-state index in [1.807, 2.05) is 17.8 Å². The molecule has 2 aliphatic rings. The summed E-state index contributed by atoms with van der Waals surface area (Å²) in [6.45, 7) is 5.09. The second-order valence-electron chi connectivity index (χ2n) is 6.33. The topological polar surface area (TPSA) is 21.6 Å². The Bertz CT molecular complexity index is 730. The Morgan fingerprint density at radius 1 is 1.00 bits per heavy atom. The molecule has 1 saturated heterocycles. The van der Waals surface area contributed by atoms with E-state index in [9.17, 15) is 0 Å². The molecule has 4 rings (SSSR count). The van der Waals surface area contributed by atoms with Gasteiger partial charge in [0.2, 0.25) is 0 Å². The van der Waals surface area contributed by atoms with Crippen LogP contribution in [0.3, 0.4) is 0 Å². The van der Waals surface area contributed by atoms with Gasteiger partial charge in [0.25, 0.3) is 0 Å². The van der Waals surface area contributed by atoms with Gasteiger partial charge in [-0.05, 0) is 19.4 Å². The van der Waals surface area contributed by atoms with Crippen LogP contribution in [0.15, 0.2) is 65.7 Å². The minimum absolute atomic E-state index is 0.253. The zero-order valence-electron chi connectivity index (χ0n) is 13.2. The lowest BCUT2D eigenvalue weighted by Crippen LogP contribution is -2.39. The first-order chi connectivity index (χ1) is 11.1. The molecule has 2 aromatic rings. The van der Waals surface area contributed by atoms with E-state index in [1.165, 1.54) is 11.1 Å². The zero-order chi connectivity index (χ0) is 15.9. The van der Waals surface area contributed by atoms with Crippen molar-refractivity contribution in [3.8, 4) is 0 Å². The van der Waals surface area contributed by atoms with Gasteiger partial charge in [-0.1, -0.05) is 72.4 Å². The summed E-state index contributed by atoms with van der Waals surface area (Å²) < 4.78 is 6.01. The van der Waals surface area contributed by atoms with Gasteiger partial charge in [-0.15, -0.1) is 11.8 Å². The lowest BCUT2D eigenvalue weighted by atomic mass is 10.1. The molecule has 1 spiro atoms. The van der Waals surface area contributed by atoms with Crippen LogP contribution in [0.4, 0.5) is 0 Å². The highest BCUT2D eigenvalue weighted by Gasteiger charge is 2.58. The third kappa shape index (κ3) is 2.63. The molecule has 2 aromatic carbocycles. The molecule has 2 aliphatic heterocycles. The molecule has 4 heteroatoms. The largest absolute Gasteiger partial charge is 0.350 e. The Labute approximate surface area is 145 Å². The van der Waals surface area contributed by atoms with Crippen LogP contribution in [0.5, 0.6) is 0 Å². The fraction of sp³-hybridized carbons (Fsp3) is 0.316. The van der Waals surface area contributed by atoms with Gasteiger partial charge in [-0.2, -0.15) is 0 Å².